The first-order valence-corrected chi connectivity index (χ1v) is 7.01. The van der Waals surface area contributed by atoms with Gasteiger partial charge in [0.15, 0.2) is 0 Å². The van der Waals surface area contributed by atoms with Crippen LogP contribution in [-0.4, -0.2) is 0 Å². The highest BCUT2D eigenvalue weighted by Crippen LogP contribution is 2.34. The largest absolute Gasteiger partial charge is 0.322 e. The summed E-state index contributed by atoms with van der Waals surface area (Å²) in [6.07, 6.45) is 7.84. The third-order valence-electron chi connectivity index (χ3n) is 4.04. The normalized spacial score (nSPS) is 20.4. The summed E-state index contributed by atoms with van der Waals surface area (Å²) in [4.78, 5) is 0. The molecule has 1 unspecified atom stereocenters. The van der Waals surface area contributed by atoms with Crippen LogP contribution in [0, 0.1) is 5.92 Å². The second-order valence-corrected chi connectivity index (χ2v) is 5.99. The first-order chi connectivity index (χ1) is 8.09. The van der Waals surface area contributed by atoms with E-state index in [4.69, 9.17) is 17.3 Å². The molecular formula is C15H22ClN. The maximum atomic E-state index is 6.43. The van der Waals surface area contributed by atoms with Gasteiger partial charge in [-0.3, -0.25) is 0 Å². The minimum atomic E-state index is -0.291. The molecule has 0 saturated heterocycles. The number of nitrogens with two attached hydrogens (primary N) is 1. The van der Waals surface area contributed by atoms with Crippen LogP contribution in [0.1, 0.15) is 51.0 Å². The number of benzene rings is 1. The van der Waals surface area contributed by atoms with Crippen molar-refractivity contribution in [1.82, 2.24) is 0 Å². The van der Waals surface area contributed by atoms with Crippen molar-refractivity contribution in [3.63, 3.8) is 0 Å². The summed E-state index contributed by atoms with van der Waals surface area (Å²) in [5, 5.41) is 0.795. The molecule has 2 N–H and O–H groups in total. The summed E-state index contributed by atoms with van der Waals surface area (Å²) in [7, 11) is 0. The standard InChI is InChI=1S/C15H22ClN/c1-15(17,11-10-12-6-2-3-7-12)13-8-4-5-9-14(13)16/h4-5,8-9,12H,2-3,6-7,10-11,17H2,1H3. The van der Waals surface area contributed by atoms with Crippen LogP contribution in [0.4, 0.5) is 0 Å². The highest BCUT2D eigenvalue weighted by molar-refractivity contribution is 6.31. The Balaban J connectivity index is 2.00. The Bertz CT molecular complexity index is 367. The molecule has 0 radical (unpaired) electrons. The molecule has 1 atom stereocenters. The lowest BCUT2D eigenvalue weighted by Crippen LogP contribution is -2.33. The van der Waals surface area contributed by atoms with E-state index in [1.54, 1.807) is 0 Å². The average molecular weight is 252 g/mol. The Hall–Kier alpha value is -0.530. The second-order valence-electron chi connectivity index (χ2n) is 5.59. The van der Waals surface area contributed by atoms with Gasteiger partial charge in [0.2, 0.25) is 0 Å². The van der Waals surface area contributed by atoms with Gasteiger partial charge in [-0.2, -0.15) is 0 Å². The van der Waals surface area contributed by atoms with Gasteiger partial charge >= 0.3 is 0 Å². The van der Waals surface area contributed by atoms with Gasteiger partial charge in [-0.25, -0.2) is 0 Å². The minimum absolute atomic E-state index is 0.291. The Labute approximate surface area is 109 Å². The molecule has 0 bridgehead atoms. The zero-order valence-electron chi connectivity index (χ0n) is 10.6. The predicted octanol–water partition coefficient (Wildman–Crippen LogP) is 4.48. The van der Waals surface area contributed by atoms with E-state index in [2.05, 4.69) is 13.0 Å². The number of hydrogen-bond acceptors (Lipinski definition) is 1. The molecule has 0 spiro atoms. The predicted molar refractivity (Wildman–Crippen MR) is 74.2 cm³/mol. The molecule has 1 saturated carbocycles. The first-order valence-electron chi connectivity index (χ1n) is 6.63. The first kappa shape index (κ1) is 12.9. The van der Waals surface area contributed by atoms with Crippen molar-refractivity contribution in [2.45, 2.75) is 51.0 Å². The van der Waals surface area contributed by atoms with Crippen LogP contribution in [-0.2, 0) is 5.54 Å². The Morgan fingerprint density at radius 3 is 2.59 bits per heavy atom. The van der Waals surface area contributed by atoms with Crippen molar-refractivity contribution in [3.05, 3.63) is 34.9 Å². The van der Waals surface area contributed by atoms with Crippen LogP contribution in [0.3, 0.4) is 0 Å². The van der Waals surface area contributed by atoms with Gasteiger partial charge < -0.3 is 5.73 Å². The van der Waals surface area contributed by atoms with Crippen LogP contribution in [0.5, 0.6) is 0 Å². The van der Waals surface area contributed by atoms with Gasteiger partial charge in [0.1, 0.15) is 0 Å². The summed E-state index contributed by atoms with van der Waals surface area (Å²) in [5.74, 6) is 0.889. The molecule has 0 amide bonds. The fraction of sp³-hybridized carbons (Fsp3) is 0.600. The molecule has 1 fully saturated rings. The third kappa shape index (κ3) is 3.23. The number of halogens is 1. The van der Waals surface area contributed by atoms with E-state index < -0.39 is 0 Å². The van der Waals surface area contributed by atoms with Crippen molar-refractivity contribution in [2.75, 3.05) is 0 Å². The molecule has 2 rings (SSSR count). The lowest BCUT2D eigenvalue weighted by atomic mass is 9.85. The van der Waals surface area contributed by atoms with Crippen molar-refractivity contribution in [1.29, 1.82) is 0 Å². The molecule has 17 heavy (non-hydrogen) atoms. The van der Waals surface area contributed by atoms with Crippen LogP contribution in [0.15, 0.2) is 24.3 Å². The molecule has 1 aliphatic rings. The summed E-state index contributed by atoms with van der Waals surface area (Å²) in [6.45, 7) is 2.10. The van der Waals surface area contributed by atoms with E-state index in [1.165, 1.54) is 32.1 Å². The molecule has 0 aromatic heterocycles. The smallest absolute Gasteiger partial charge is 0.0456 e. The van der Waals surface area contributed by atoms with E-state index in [0.29, 0.717) is 0 Å². The molecule has 94 valence electrons. The van der Waals surface area contributed by atoms with Gasteiger partial charge in [-0.1, -0.05) is 55.5 Å². The van der Waals surface area contributed by atoms with E-state index >= 15 is 0 Å². The Kier molecular flexibility index (Phi) is 4.11. The van der Waals surface area contributed by atoms with E-state index in [-0.39, 0.29) is 5.54 Å². The molecule has 2 heteroatoms. The Morgan fingerprint density at radius 1 is 1.29 bits per heavy atom. The quantitative estimate of drug-likeness (QED) is 0.839. The van der Waals surface area contributed by atoms with E-state index in [9.17, 15) is 0 Å². The van der Waals surface area contributed by atoms with Crippen molar-refractivity contribution >= 4 is 11.6 Å². The van der Waals surface area contributed by atoms with Crippen LogP contribution < -0.4 is 5.73 Å². The zero-order chi connectivity index (χ0) is 12.3. The lowest BCUT2D eigenvalue weighted by Gasteiger charge is -2.27. The van der Waals surface area contributed by atoms with Crippen LogP contribution in [0.2, 0.25) is 5.02 Å². The van der Waals surface area contributed by atoms with Gasteiger partial charge in [-0.05, 0) is 37.3 Å². The number of rotatable bonds is 4. The van der Waals surface area contributed by atoms with Crippen molar-refractivity contribution < 1.29 is 0 Å². The highest BCUT2D eigenvalue weighted by atomic mass is 35.5. The maximum absolute atomic E-state index is 6.43. The van der Waals surface area contributed by atoms with Gasteiger partial charge in [0.25, 0.3) is 0 Å². The van der Waals surface area contributed by atoms with Crippen molar-refractivity contribution in [3.8, 4) is 0 Å². The zero-order valence-corrected chi connectivity index (χ0v) is 11.3. The molecule has 1 nitrogen and oxygen atoms in total. The monoisotopic (exact) mass is 251 g/mol. The lowest BCUT2D eigenvalue weighted by molar-refractivity contribution is 0.374. The van der Waals surface area contributed by atoms with Gasteiger partial charge in [0, 0.05) is 10.6 Å². The van der Waals surface area contributed by atoms with E-state index in [0.717, 1.165) is 22.9 Å². The third-order valence-corrected chi connectivity index (χ3v) is 4.37. The molecule has 0 heterocycles. The molecule has 1 aromatic carbocycles. The van der Waals surface area contributed by atoms with Gasteiger partial charge in [-0.15, -0.1) is 0 Å². The molecule has 0 aliphatic heterocycles. The van der Waals surface area contributed by atoms with Crippen LogP contribution >= 0.6 is 11.6 Å². The summed E-state index contributed by atoms with van der Waals surface area (Å²) < 4.78 is 0. The van der Waals surface area contributed by atoms with Crippen molar-refractivity contribution in [2.24, 2.45) is 11.7 Å². The molecule has 1 aromatic rings. The Morgan fingerprint density at radius 2 is 1.94 bits per heavy atom. The fourth-order valence-corrected chi connectivity index (χ4v) is 3.21. The maximum Gasteiger partial charge on any atom is 0.0456 e. The van der Waals surface area contributed by atoms with Gasteiger partial charge in [0.05, 0.1) is 0 Å². The summed E-state index contributed by atoms with van der Waals surface area (Å²) >= 11 is 6.22. The average Bonchev–Trinajstić information content (AvgIpc) is 2.80. The minimum Gasteiger partial charge on any atom is -0.322 e. The SMILES string of the molecule is CC(N)(CCC1CCCC1)c1ccccc1Cl. The van der Waals surface area contributed by atoms with Crippen LogP contribution in [0.25, 0.3) is 0 Å². The number of hydrogen-bond donors (Lipinski definition) is 1. The topological polar surface area (TPSA) is 26.0 Å². The van der Waals surface area contributed by atoms with E-state index in [1.807, 2.05) is 18.2 Å². The fourth-order valence-electron chi connectivity index (χ4n) is 2.86. The molecular weight excluding hydrogens is 230 g/mol. The second kappa shape index (κ2) is 5.41. The summed E-state index contributed by atoms with van der Waals surface area (Å²) in [6, 6.07) is 7.95. The molecule has 1 aliphatic carbocycles. The summed E-state index contributed by atoms with van der Waals surface area (Å²) in [5.41, 5.74) is 7.22. The highest BCUT2D eigenvalue weighted by Gasteiger charge is 2.25.